The standard InChI is InChI=1S/C27H21F3N4O3/c1-14-10-19-23-20(11-14)31-21(35)13-33(23)26(36)34-24(19)22(15-6-8-17(9-7-15)27(28,29)30)32-25(34)16-4-3-5-18(12-16)37-2/h3-12,22,24H,13H2,1-2H3,(H,31,35). The van der Waals surface area contributed by atoms with Gasteiger partial charge < -0.3 is 10.1 Å². The molecule has 2 atom stereocenters. The number of aryl methyl sites for hydroxylation is 1. The molecule has 7 nitrogen and oxygen atoms in total. The van der Waals surface area contributed by atoms with Crippen molar-refractivity contribution < 1.29 is 27.5 Å². The van der Waals surface area contributed by atoms with Crippen molar-refractivity contribution in [2.75, 3.05) is 23.9 Å². The molecule has 1 N–H and O–H groups in total. The van der Waals surface area contributed by atoms with Crippen molar-refractivity contribution in [1.82, 2.24) is 4.90 Å². The Bertz CT molecular complexity index is 1480. The molecule has 3 heterocycles. The van der Waals surface area contributed by atoms with Crippen LogP contribution in [0.4, 0.5) is 29.3 Å². The molecule has 0 aliphatic carbocycles. The molecule has 0 aromatic heterocycles. The number of fused-ring (bicyclic) bond motifs is 2. The molecule has 0 radical (unpaired) electrons. The van der Waals surface area contributed by atoms with E-state index in [2.05, 4.69) is 5.32 Å². The van der Waals surface area contributed by atoms with Crippen molar-refractivity contribution in [3.8, 4) is 5.75 Å². The summed E-state index contributed by atoms with van der Waals surface area (Å²) < 4.78 is 45.1. The van der Waals surface area contributed by atoms with Crippen LogP contribution in [0.25, 0.3) is 0 Å². The van der Waals surface area contributed by atoms with E-state index in [0.717, 1.165) is 23.3 Å². The topological polar surface area (TPSA) is 74.2 Å². The quantitative estimate of drug-likeness (QED) is 0.513. The van der Waals surface area contributed by atoms with Crippen LogP contribution in [0.15, 0.2) is 65.7 Å². The Kier molecular flexibility index (Phi) is 5.05. The fourth-order valence-corrected chi connectivity index (χ4v) is 5.29. The minimum absolute atomic E-state index is 0.151. The van der Waals surface area contributed by atoms with Gasteiger partial charge in [0.1, 0.15) is 24.2 Å². The van der Waals surface area contributed by atoms with E-state index in [1.165, 1.54) is 24.1 Å². The first-order chi connectivity index (χ1) is 17.7. The van der Waals surface area contributed by atoms with E-state index in [9.17, 15) is 22.8 Å². The van der Waals surface area contributed by atoms with Gasteiger partial charge in [-0.25, -0.2) is 4.79 Å². The van der Waals surface area contributed by atoms with E-state index in [1.807, 2.05) is 13.0 Å². The molecule has 3 aliphatic rings. The molecule has 188 valence electrons. The Morgan fingerprint density at radius 3 is 2.51 bits per heavy atom. The summed E-state index contributed by atoms with van der Waals surface area (Å²) >= 11 is 0. The van der Waals surface area contributed by atoms with Crippen LogP contribution in [0, 0.1) is 6.92 Å². The number of hydrogen-bond donors (Lipinski definition) is 1. The van der Waals surface area contributed by atoms with E-state index in [1.54, 1.807) is 35.2 Å². The van der Waals surface area contributed by atoms with Crippen molar-refractivity contribution in [2.45, 2.75) is 25.2 Å². The number of anilines is 2. The minimum atomic E-state index is -4.47. The third-order valence-corrected chi connectivity index (χ3v) is 6.86. The number of benzene rings is 3. The average molecular weight is 506 g/mol. The molecule has 3 aromatic rings. The van der Waals surface area contributed by atoms with Crippen molar-refractivity contribution in [3.05, 3.63) is 88.5 Å². The molecule has 0 bridgehead atoms. The average Bonchev–Trinajstić information content (AvgIpc) is 3.27. The molecule has 3 amide bonds. The summed E-state index contributed by atoms with van der Waals surface area (Å²) in [5.41, 5.74) is 3.15. The number of nitrogens with one attached hydrogen (secondary N) is 1. The van der Waals surface area contributed by atoms with Crippen molar-refractivity contribution >= 4 is 29.1 Å². The van der Waals surface area contributed by atoms with Gasteiger partial charge in [0.05, 0.1) is 30.1 Å². The summed E-state index contributed by atoms with van der Waals surface area (Å²) in [6.07, 6.45) is -4.47. The van der Waals surface area contributed by atoms with Crippen LogP contribution in [0.1, 0.15) is 39.9 Å². The number of hydrogen-bond acceptors (Lipinski definition) is 4. The zero-order valence-corrected chi connectivity index (χ0v) is 19.8. The minimum Gasteiger partial charge on any atom is -0.497 e. The lowest BCUT2D eigenvalue weighted by Crippen LogP contribution is -2.54. The molecule has 37 heavy (non-hydrogen) atoms. The number of halogens is 3. The number of carbonyl (C=O) groups is 2. The highest BCUT2D eigenvalue weighted by molar-refractivity contribution is 6.19. The fourth-order valence-electron chi connectivity index (χ4n) is 5.29. The number of urea groups is 1. The molecule has 2 unspecified atom stereocenters. The highest BCUT2D eigenvalue weighted by Gasteiger charge is 2.51. The molecular weight excluding hydrogens is 485 g/mol. The molecule has 3 aliphatic heterocycles. The number of amidine groups is 1. The predicted octanol–water partition coefficient (Wildman–Crippen LogP) is 5.46. The smallest absolute Gasteiger partial charge is 0.416 e. The van der Waals surface area contributed by atoms with E-state index < -0.39 is 29.9 Å². The third-order valence-electron chi connectivity index (χ3n) is 6.86. The third kappa shape index (κ3) is 3.62. The highest BCUT2D eigenvalue weighted by atomic mass is 19.4. The Hall–Kier alpha value is -4.34. The number of ether oxygens (including phenoxy) is 1. The fraction of sp³-hybridized carbons (Fsp3) is 0.222. The molecule has 6 rings (SSSR count). The number of aliphatic imine (C=N–C) groups is 1. The first-order valence-electron chi connectivity index (χ1n) is 11.6. The van der Waals surface area contributed by atoms with E-state index in [0.29, 0.717) is 34.1 Å². The number of amides is 3. The van der Waals surface area contributed by atoms with Gasteiger partial charge in [0, 0.05) is 11.1 Å². The Labute approximate surface area is 210 Å². The van der Waals surface area contributed by atoms with Gasteiger partial charge in [0.15, 0.2) is 0 Å². The summed E-state index contributed by atoms with van der Waals surface area (Å²) in [6.45, 7) is 1.73. The van der Waals surface area contributed by atoms with Gasteiger partial charge >= 0.3 is 12.2 Å². The zero-order chi connectivity index (χ0) is 26.1. The second-order valence-electron chi connectivity index (χ2n) is 9.23. The summed E-state index contributed by atoms with van der Waals surface area (Å²) in [5.74, 6) is 0.614. The molecule has 0 fully saturated rings. The number of nitrogens with zero attached hydrogens (tertiary/aromatic N) is 3. The van der Waals surface area contributed by atoms with Gasteiger partial charge in [0.2, 0.25) is 5.91 Å². The lowest BCUT2D eigenvalue weighted by Gasteiger charge is -2.43. The van der Waals surface area contributed by atoms with Gasteiger partial charge in [-0.15, -0.1) is 0 Å². The highest BCUT2D eigenvalue weighted by Crippen LogP contribution is 2.53. The predicted molar refractivity (Wildman–Crippen MR) is 131 cm³/mol. The second kappa shape index (κ2) is 8.09. The van der Waals surface area contributed by atoms with E-state index in [4.69, 9.17) is 9.73 Å². The van der Waals surface area contributed by atoms with Gasteiger partial charge in [-0.3, -0.25) is 19.6 Å². The van der Waals surface area contributed by atoms with Gasteiger partial charge in [-0.05, 0) is 48.4 Å². The largest absolute Gasteiger partial charge is 0.497 e. The van der Waals surface area contributed by atoms with Crippen LogP contribution in [-0.2, 0) is 11.0 Å². The van der Waals surface area contributed by atoms with Crippen molar-refractivity contribution in [3.63, 3.8) is 0 Å². The van der Waals surface area contributed by atoms with Crippen LogP contribution in [-0.4, -0.2) is 36.3 Å². The molecule has 0 saturated carbocycles. The molecule has 10 heteroatoms. The van der Waals surface area contributed by atoms with Crippen LogP contribution >= 0.6 is 0 Å². The van der Waals surface area contributed by atoms with Crippen LogP contribution < -0.4 is 15.0 Å². The number of alkyl halides is 3. The maximum absolute atomic E-state index is 13.9. The van der Waals surface area contributed by atoms with Gasteiger partial charge in [-0.2, -0.15) is 13.2 Å². The Morgan fingerprint density at radius 1 is 1.05 bits per heavy atom. The number of carbonyl (C=O) groups excluding carboxylic acids is 2. The number of rotatable bonds is 3. The SMILES string of the molecule is COc1cccc(C2=NC(c3ccc(C(F)(F)F)cc3)C3c4cc(C)cc5c4N(CC(=O)N5)C(=O)N23)c1. The normalized spacial score (nSPS) is 20.3. The van der Waals surface area contributed by atoms with Crippen molar-refractivity contribution in [1.29, 1.82) is 0 Å². The summed E-state index contributed by atoms with van der Waals surface area (Å²) in [5, 5.41) is 2.85. The summed E-state index contributed by atoms with van der Waals surface area (Å²) in [6, 6.07) is 14.0. The maximum atomic E-state index is 13.9. The van der Waals surface area contributed by atoms with Crippen LogP contribution in [0.2, 0.25) is 0 Å². The monoisotopic (exact) mass is 506 g/mol. The van der Waals surface area contributed by atoms with E-state index >= 15 is 0 Å². The molecular formula is C27H21F3N4O3. The van der Waals surface area contributed by atoms with Crippen LogP contribution in [0.5, 0.6) is 5.75 Å². The zero-order valence-electron chi connectivity index (χ0n) is 19.8. The second-order valence-corrected chi connectivity index (χ2v) is 9.23. The van der Waals surface area contributed by atoms with Crippen molar-refractivity contribution in [2.24, 2.45) is 4.99 Å². The molecule has 0 saturated heterocycles. The Morgan fingerprint density at radius 2 is 1.81 bits per heavy atom. The first-order valence-corrected chi connectivity index (χ1v) is 11.6. The first kappa shape index (κ1) is 23.1. The lowest BCUT2D eigenvalue weighted by atomic mass is 9.88. The molecule has 3 aromatic carbocycles. The van der Waals surface area contributed by atoms with Gasteiger partial charge in [0.25, 0.3) is 0 Å². The summed E-state index contributed by atoms with van der Waals surface area (Å²) in [4.78, 5) is 34.3. The summed E-state index contributed by atoms with van der Waals surface area (Å²) in [7, 11) is 1.53. The van der Waals surface area contributed by atoms with Crippen LogP contribution in [0.3, 0.4) is 0 Å². The lowest BCUT2D eigenvalue weighted by molar-refractivity contribution is -0.137. The maximum Gasteiger partial charge on any atom is 0.416 e. The van der Waals surface area contributed by atoms with E-state index in [-0.39, 0.29) is 12.5 Å². The number of methoxy groups -OCH3 is 1. The van der Waals surface area contributed by atoms with Gasteiger partial charge in [-0.1, -0.05) is 30.3 Å². The Balaban J connectivity index is 1.56. The molecule has 0 spiro atoms.